The van der Waals surface area contributed by atoms with Crippen LogP contribution in [0, 0.1) is 13.8 Å². The molecule has 0 aliphatic rings. The lowest BCUT2D eigenvalue weighted by Crippen LogP contribution is -2.13. The Morgan fingerprint density at radius 2 is 2.00 bits per heavy atom. The monoisotopic (exact) mass is 324 g/mol. The number of nitrogen functional groups attached to an aromatic ring is 1. The van der Waals surface area contributed by atoms with Crippen LogP contribution in [-0.4, -0.2) is 5.91 Å². The van der Waals surface area contributed by atoms with Crippen LogP contribution < -0.4 is 11.1 Å². The number of carbonyl (C=O) groups is 1. The van der Waals surface area contributed by atoms with Crippen molar-refractivity contribution < 1.29 is 4.79 Å². The molecule has 0 saturated heterocycles. The van der Waals surface area contributed by atoms with Crippen LogP contribution in [0.4, 0.5) is 11.4 Å². The number of carbonyl (C=O) groups excluding carboxylic acids is 1. The maximum absolute atomic E-state index is 12.1. The molecule has 1 heterocycles. The maximum Gasteiger partial charge on any atom is 0.265 e. The lowest BCUT2D eigenvalue weighted by Gasteiger charge is -2.12. The van der Waals surface area contributed by atoms with Crippen LogP contribution in [0.25, 0.3) is 0 Å². The molecule has 1 amide bonds. The van der Waals surface area contributed by atoms with Gasteiger partial charge in [-0.1, -0.05) is 6.07 Å². The van der Waals surface area contributed by atoms with Crippen LogP contribution in [-0.2, 0) is 0 Å². The normalized spacial score (nSPS) is 10.4. The fourth-order valence-electron chi connectivity index (χ4n) is 1.61. The molecule has 94 valence electrons. The molecular formula is C13H13BrN2OS. The summed E-state index contributed by atoms with van der Waals surface area (Å²) in [5, 5.41) is 2.87. The number of aryl methyl sites for hydroxylation is 1. The van der Waals surface area contributed by atoms with E-state index in [1.165, 1.54) is 11.3 Å². The van der Waals surface area contributed by atoms with E-state index in [2.05, 4.69) is 21.2 Å². The molecule has 0 bridgehead atoms. The molecule has 0 unspecified atom stereocenters. The number of rotatable bonds is 2. The second-order valence-corrected chi connectivity index (χ2v) is 6.49. The van der Waals surface area contributed by atoms with E-state index in [1.54, 1.807) is 6.07 Å². The molecule has 2 aromatic rings. The van der Waals surface area contributed by atoms with Gasteiger partial charge in [-0.25, -0.2) is 0 Å². The summed E-state index contributed by atoms with van der Waals surface area (Å²) < 4.78 is 0.932. The van der Waals surface area contributed by atoms with Gasteiger partial charge in [0.15, 0.2) is 0 Å². The smallest absolute Gasteiger partial charge is 0.265 e. The molecule has 5 heteroatoms. The maximum atomic E-state index is 12.1. The highest BCUT2D eigenvalue weighted by Gasteiger charge is 2.12. The van der Waals surface area contributed by atoms with E-state index >= 15 is 0 Å². The van der Waals surface area contributed by atoms with Crippen molar-refractivity contribution in [3.8, 4) is 0 Å². The third-order valence-electron chi connectivity index (χ3n) is 2.80. The Bertz CT molecular complexity index is 607. The number of hydrogen-bond acceptors (Lipinski definition) is 3. The molecule has 18 heavy (non-hydrogen) atoms. The number of amides is 1. The fraction of sp³-hybridized carbons (Fsp3) is 0.154. The molecule has 0 saturated carbocycles. The molecule has 1 aromatic carbocycles. The van der Waals surface area contributed by atoms with Crippen LogP contribution >= 0.6 is 27.3 Å². The van der Waals surface area contributed by atoms with E-state index in [9.17, 15) is 4.79 Å². The fourth-order valence-corrected chi connectivity index (χ4v) is 2.90. The second-order valence-electron chi connectivity index (χ2n) is 4.03. The highest BCUT2D eigenvalue weighted by Crippen LogP contribution is 2.28. The summed E-state index contributed by atoms with van der Waals surface area (Å²) in [5.74, 6) is -0.133. The van der Waals surface area contributed by atoms with Crippen molar-refractivity contribution >= 4 is 44.5 Å². The SMILES string of the molecule is Cc1ccc(N)c(NC(=O)c2ccc(Br)s2)c1C. The first-order valence-corrected chi connectivity index (χ1v) is 7.02. The van der Waals surface area contributed by atoms with Crippen molar-refractivity contribution in [2.24, 2.45) is 0 Å². The number of anilines is 2. The van der Waals surface area contributed by atoms with Gasteiger partial charge >= 0.3 is 0 Å². The van der Waals surface area contributed by atoms with Gasteiger partial charge < -0.3 is 11.1 Å². The van der Waals surface area contributed by atoms with Gasteiger partial charge in [-0.3, -0.25) is 4.79 Å². The molecule has 0 atom stereocenters. The minimum Gasteiger partial charge on any atom is -0.397 e. The first-order chi connectivity index (χ1) is 8.49. The van der Waals surface area contributed by atoms with Crippen LogP contribution in [0.15, 0.2) is 28.1 Å². The van der Waals surface area contributed by atoms with Gasteiger partial charge in [0.25, 0.3) is 5.91 Å². The average Bonchev–Trinajstić information content (AvgIpc) is 2.76. The first-order valence-electron chi connectivity index (χ1n) is 5.41. The summed E-state index contributed by atoms with van der Waals surface area (Å²) in [6.07, 6.45) is 0. The number of hydrogen-bond donors (Lipinski definition) is 2. The molecular weight excluding hydrogens is 312 g/mol. The van der Waals surface area contributed by atoms with Crippen LogP contribution in [0.1, 0.15) is 20.8 Å². The minimum atomic E-state index is -0.133. The number of benzene rings is 1. The topological polar surface area (TPSA) is 55.1 Å². The van der Waals surface area contributed by atoms with Crippen molar-refractivity contribution in [2.45, 2.75) is 13.8 Å². The average molecular weight is 325 g/mol. The van der Waals surface area contributed by atoms with E-state index in [4.69, 9.17) is 5.73 Å². The lowest BCUT2D eigenvalue weighted by atomic mass is 10.1. The van der Waals surface area contributed by atoms with Crippen molar-refractivity contribution in [1.82, 2.24) is 0 Å². The van der Waals surface area contributed by atoms with Crippen molar-refractivity contribution in [3.63, 3.8) is 0 Å². The Hall–Kier alpha value is -1.33. The lowest BCUT2D eigenvalue weighted by molar-refractivity contribution is 0.103. The van der Waals surface area contributed by atoms with E-state index < -0.39 is 0 Å². The molecule has 0 aliphatic heterocycles. The Morgan fingerprint density at radius 1 is 1.28 bits per heavy atom. The zero-order valence-corrected chi connectivity index (χ0v) is 12.5. The third-order valence-corrected chi connectivity index (χ3v) is 4.43. The number of halogens is 1. The molecule has 3 N–H and O–H groups in total. The van der Waals surface area contributed by atoms with Crippen LogP contribution in [0.5, 0.6) is 0 Å². The number of nitrogens with one attached hydrogen (secondary N) is 1. The molecule has 2 rings (SSSR count). The predicted octanol–water partition coefficient (Wildman–Crippen LogP) is 3.96. The highest BCUT2D eigenvalue weighted by atomic mass is 79.9. The Balaban J connectivity index is 2.30. The molecule has 0 aliphatic carbocycles. The zero-order chi connectivity index (χ0) is 13.3. The Morgan fingerprint density at radius 3 is 2.61 bits per heavy atom. The second kappa shape index (κ2) is 5.12. The van der Waals surface area contributed by atoms with Crippen LogP contribution in [0.2, 0.25) is 0 Å². The summed E-state index contributed by atoms with van der Waals surface area (Å²) in [4.78, 5) is 12.7. The predicted molar refractivity (Wildman–Crippen MR) is 80.3 cm³/mol. The molecule has 3 nitrogen and oxygen atoms in total. The summed E-state index contributed by atoms with van der Waals surface area (Å²) >= 11 is 4.74. The third kappa shape index (κ3) is 2.57. The van der Waals surface area contributed by atoms with Gasteiger partial charge in [-0.15, -0.1) is 11.3 Å². The quantitative estimate of drug-likeness (QED) is 0.821. The van der Waals surface area contributed by atoms with E-state index in [-0.39, 0.29) is 5.91 Å². The Labute approximate surface area is 118 Å². The van der Waals surface area contributed by atoms with Crippen molar-refractivity contribution in [2.75, 3.05) is 11.1 Å². The standard InChI is InChI=1S/C13H13BrN2OS/c1-7-3-4-9(15)12(8(7)2)16-13(17)10-5-6-11(14)18-10/h3-6H,15H2,1-2H3,(H,16,17). The van der Waals surface area contributed by atoms with Gasteiger partial charge in [0.2, 0.25) is 0 Å². The zero-order valence-electron chi connectivity index (χ0n) is 10.1. The molecule has 1 aromatic heterocycles. The summed E-state index contributed by atoms with van der Waals surface area (Å²) in [5.41, 5.74) is 9.29. The van der Waals surface area contributed by atoms with E-state index in [0.717, 1.165) is 14.9 Å². The first kappa shape index (κ1) is 13.1. The Kier molecular flexibility index (Phi) is 3.73. The van der Waals surface area contributed by atoms with Gasteiger partial charge in [-0.05, 0) is 59.1 Å². The molecule has 0 radical (unpaired) electrons. The largest absolute Gasteiger partial charge is 0.397 e. The summed E-state index contributed by atoms with van der Waals surface area (Å²) in [6, 6.07) is 7.39. The summed E-state index contributed by atoms with van der Waals surface area (Å²) in [6.45, 7) is 3.94. The molecule has 0 fully saturated rings. The van der Waals surface area contributed by atoms with Crippen molar-refractivity contribution in [3.05, 3.63) is 44.1 Å². The number of thiophene rings is 1. The molecule has 0 spiro atoms. The highest BCUT2D eigenvalue weighted by molar-refractivity contribution is 9.11. The number of nitrogens with two attached hydrogens (primary N) is 1. The minimum absolute atomic E-state index is 0.133. The van der Waals surface area contributed by atoms with Gasteiger partial charge in [0.05, 0.1) is 20.0 Å². The summed E-state index contributed by atoms with van der Waals surface area (Å²) in [7, 11) is 0. The van der Waals surface area contributed by atoms with E-state index in [1.807, 2.05) is 32.0 Å². The van der Waals surface area contributed by atoms with Crippen molar-refractivity contribution in [1.29, 1.82) is 0 Å². The van der Waals surface area contributed by atoms with Gasteiger partial charge in [0.1, 0.15) is 0 Å². The van der Waals surface area contributed by atoms with Crippen LogP contribution in [0.3, 0.4) is 0 Å². The van der Waals surface area contributed by atoms with E-state index in [0.29, 0.717) is 16.3 Å². The van der Waals surface area contributed by atoms with Gasteiger partial charge in [0, 0.05) is 0 Å². The van der Waals surface area contributed by atoms with Gasteiger partial charge in [-0.2, -0.15) is 0 Å².